The summed E-state index contributed by atoms with van der Waals surface area (Å²) < 4.78 is 0. The Morgan fingerprint density at radius 1 is 1.53 bits per heavy atom. The average molecular weight is 223 g/mol. The first-order chi connectivity index (χ1) is 7.20. The van der Waals surface area contributed by atoms with Crippen molar-refractivity contribution in [2.45, 2.75) is 13.3 Å². The summed E-state index contributed by atoms with van der Waals surface area (Å²) in [7, 11) is 0. The molecule has 1 N–H and O–H groups in total. The third-order valence-electron chi connectivity index (χ3n) is 2.24. The van der Waals surface area contributed by atoms with Crippen molar-refractivity contribution in [3.05, 3.63) is 29.6 Å². The van der Waals surface area contributed by atoms with Gasteiger partial charge >= 0.3 is 0 Å². The van der Waals surface area contributed by atoms with Gasteiger partial charge in [-0.15, -0.1) is 11.6 Å². The second-order valence-corrected chi connectivity index (χ2v) is 3.79. The van der Waals surface area contributed by atoms with Gasteiger partial charge in [0, 0.05) is 17.9 Å². The molecule has 0 bridgehead atoms. The van der Waals surface area contributed by atoms with Gasteiger partial charge in [0.1, 0.15) is 5.82 Å². The number of aromatic amines is 1. The number of carbonyl (C=O) groups is 1. The summed E-state index contributed by atoms with van der Waals surface area (Å²) in [5.74, 6) is 1.28. The Morgan fingerprint density at radius 3 is 3.07 bits per heavy atom. The maximum absolute atomic E-state index is 11.6. The zero-order chi connectivity index (χ0) is 10.8. The molecule has 3 nitrogen and oxygen atoms in total. The fourth-order valence-electron chi connectivity index (χ4n) is 1.54. The van der Waals surface area contributed by atoms with Crippen LogP contribution >= 0.6 is 11.6 Å². The number of hydrogen-bond acceptors (Lipinski definition) is 2. The van der Waals surface area contributed by atoms with Crippen LogP contribution in [0.2, 0.25) is 0 Å². The van der Waals surface area contributed by atoms with E-state index in [1.165, 1.54) is 0 Å². The number of nitrogens with zero attached hydrogens (tertiary/aromatic N) is 1. The van der Waals surface area contributed by atoms with Crippen molar-refractivity contribution in [3.63, 3.8) is 0 Å². The van der Waals surface area contributed by atoms with Gasteiger partial charge < -0.3 is 4.98 Å². The molecule has 15 heavy (non-hydrogen) atoms. The van der Waals surface area contributed by atoms with Crippen molar-refractivity contribution in [2.75, 3.05) is 5.88 Å². The summed E-state index contributed by atoms with van der Waals surface area (Å²) in [6.07, 6.45) is 0.375. The highest BCUT2D eigenvalue weighted by Crippen LogP contribution is 2.14. The second-order valence-electron chi connectivity index (χ2n) is 3.42. The fraction of sp³-hybridized carbons (Fsp3) is 0.273. The average Bonchev–Trinajstić information content (AvgIpc) is 2.57. The van der Waals surface area contributed by atoms with Crippen LogP contribution in [-0.4, -0.2) is 21.6 Å². The predicted octanol–water partition coefficient (Wildman–Crippen LogP) is 2.68. The molecule has 0 spiro atoms. The van der Waals surface area contributed by atoms with E-state index < -0.39 is 0 Å². The first-order valence-corrected chi connectivity index (χ1v) is 5.29. The molecule has 1 heterocycles. The quantitative estimate of drug-likeness (QED) is 0.641. The molecule has 0 aliphatic heterocycles. The van der Waals surface area contributed by atoms with Crippen molar-refractivity contribution in [1.82, 2.24) is 9.97 Å². The molecule has 0 unspecified atom stereocenters. The van der Waals surface area contributed by atoms with Crippen molar-refractivity contribution < 1.29 is 4.79 Å². The number of ketones is 1. The van der Waals surface area contributed by atoms with Gasteiger partial charge in [0.25, 0.3) is 0 Å². The van der Waals surface area contributed by atoms with Gasteiger partial charge in [0.15, 0.2) is 5.78 Å². The Bertz CT molecular complexity index is 504. The number of nitrogens with one attached hydrogen (secondary N) is 1. The first-order valence-electron chi connectivity index (χ1n) is 4.76. The van der Waals surface area contributed by atoms with Gasteiger partial charge in [0.2, 0.25) is 0 Å². The molecule has 2 rings (SSSR count). The van der Waals surface area contributed by atoms with E-state index in [-0.39, 0.29) is 5.78 Å². The van der Waals surface area contributed by atoms with Gasteiger partial charge in [-0.1, -0.05) is 0 Å². The Kier molecular flexibility index (Phi) is 2.73. The third kappa shape index (κ3) is 2.02. The molecule has 0 aliphatic rings. The Hall–Kier alpha value is -1.35. The Balaban J connectivity index is 2.41. The number of H-pyrrole nitrogens is 1. The number of hydrogen-bond donors (Lipinski definition) is 1. The van der Waals surface area contributed by atoms with Crippen LogP contribution in [0, 0.1) is 6.92 Å². The minimum Gasteiger partial charge on any atom is -0.342 e. The lowest BCUT2D eigenvalue weighted by atomic mass is 10.1. The second kappa shape index (κ2) is 4.03. The van der Waals surface area contributed by atoms with Gasteiger partial charge in [0.05, 0.1) is 11.0 Å². The molecule has 1 aromatic carbocycles. The Labute approximate surface area is 92.5 Å². The highest BCUT2D eigenvalue weighted by molar-refractivity contribution is 6.19. The van der Waals surface area contributed by atoms with Crippen molar-refractivity contribution >= 4 is 28.4 Å². The minimum atomic E-state index is 0.0687. The number of imidazole rings is 1. The van der Waals surface area contributed by atoms with Crippen LogP contribution in [0.5, 0.6) is 0 Å². The third-order valence-corrected chi connectivity index (χ3v) is 2.43. The zero-order valence-electron chi connectivity index (χ0n) is 8.38. The molecule has 0 saturated carbocycles. The van der Waals surface area contributed by atoms with E-state index in [1.54, 1.807) is 6.07 Å². The molecule has 4 heteroatoms. The smallest absolute Gasteiger partial charge is 0.164 e. The zero-order valence-corrected chi connectivity index (χ0v) is 9.14. The van der Waals surface area contributed by atoms with Gasteiger partial charge in [-0.25, -0.2) is 4.98 Å². The van der Waals surface area contributed by atoms with Crippen molar-refractivity contribution in [2.24, 2.45) is 0 Å². The number of carbonyl (C=O) groups excluding carboxylic acids is 1. The molecule has 2 aromatic rings. The number of benzene rings is 1. The lowest BCUT2D eigenvalue weighted by Gasteiger charge is -1.97. The first kappa shape index (κ1) is 10.2. The minimum absolute atomic E-state index is 0.0687. The van der Waals surface area contributed by atoms with Crippen LogP contribution < -0.4 is 0 Å². The molecule has 0 aliphatic carbocycles. The summed E-state index contributed by atoms with van der Waals surface area (Å²) >= 11 is 5.53. The van der Waals surface area contributed by atoms with E-state index in [4.69, 9.17) is 11.6 Å². The summed E-state index contributed by atoms with van der Waals surface area (Å²) in [5.41, 5.74) is 2.47. The van der Waals surface area contributed by atoms with E-state index >= 15 is 0 Å². The van der Waals surface area contributed by atoms with Gasteiger partial charge in [-0.2, -0.15) is 0 Å². The standard InChI is InChI=1S/C11H11ClN2O/c1-7-13-9-3-2-8(6-10(9)14-7)11(15)4-5-12/h2-3,6H,4-5H2,1H3,(H,13,14). The van der Waals surface area contributed by atoms with Crippen molar-refractivity contribution in [3.8, 4) is 0 Å². The number of fused-ring (bicyclic) bond motifs is 1. The van der Waals surface area contributed by atoms with Crippen LogP contribution in [0.4, 0.5) is 0 Å². The van der Waals surface area contributed by atoms with Crippen molar-refractivity contribution in [1.29, 1.82) is 0 Å². The maximum atomic E-state index is 11.6. The fourth-order valence-corrected chi connectivity index (χ4v) is 1.71. The number of aryl methyl sites for hydroxylation is 1. The van der Waals surface area contributed by atoms with E-state index in [1.807, 2.05) is 19.1 Å². The monoisotopic (exact) mass is 222 g/mol. The van der Waals surface area contributed by atoms with Crippen LogP contribution in [-0.2, 0) is 0 Å². The topological polar surface area (TPSA) is 45.8 Å². The molecule has 0 amide bonds. The molecular formula is C11H11ClN2O. The largest absolute Gasteiger partial charge is 0.342 e. The van der Waals surface area contributed by atoms with Gasteiger partial charge in [-0.05, 0) is 25.1 Å². The molecule has 0 atom stereocenters. The molecule has 78 valence electrons. The van der Waals surface area contributed by atoms with E-state index in [0.29, 0.717) is 17.9 Å². The molecule has 0 radical (unpaired) electrons. The highest BCUT2D eigenvalue weighted by Gasteiger charge is 2.07. The summed E-state index contributed by atoms with van der Waals surface area (Å²) in [5, 5.41) is 0. The highest BCUT2D eigenvalue weighted by atomic mass is 35.5. The normalized spacial score (nSPS) is 10.8. The van der Waals surface area contributed by atoms with E-state index in [0.717, 1.165) is 16.9 Å². The Morgan fingerprint density at radius 2 is 2.33 bits per heavy atom. The lowest BCUT2D eigenvalue weighted by molar-refractivity contribution is 0.0989. The number of aromatic nitrogens is 2. The SMILES string of the molecule is Cc1nc2ccc(C(=O)CCCl)cc2[nH]1. The molecule has 0 saturated heterocycles. The maximum Gasteiger partial charge on any atom is 0.164 e. The van der Waals surface area contributed by atoms with E-state index in [9.17, 15) is 4.79 Å². The summed E-state index contributed by atoms with van der Waals surface area (Å²) in [6.45, 7) is 1.89. The summed E-state index contributed by atoms with van der Waals surface area (Å²) in [4.78, 5) is 18.9. The van der Waals surface area contributed by atoms with Crippen LogP contribution in [0.25, 0.3) is 11.0 Å². The predicted molar refractivity (Wildman–Crippen MR) is 60.5 cm³/mol. The number of alkyl halides is 1. The van der Waals surface area contributed by atoms with Crippen LogP contribution in [0.1, 0.15) is 22.6 Å². The van der Waals surface area contributed by atoms with E-state index in [2.05, 4.69) is 9.97 Å². The molecule has 1 aromatic heterocycles. The number of halogens is 1. The number of Topliss-reactive ketones (excluding diaryl/α,β-unsaturated/α-hetero) is 1. The molecular weight excluding hydrogens is 212 g/mol. The lowest BCUT2D eigenvalue weighted by Crippen LogP contribution is -1.99. The van der Waals surface area contributed by atoms with Crippen LogP contribution in [0.15, 0.2) is 18.2 Å². The van der Waals surface area contributed by atoms with Crippen LogP contribution in [0.3, 0.4) is 0 Å². The number of rotatable bonds is 3. The molecule has 0 fully saturated rings. The summed E-state index contributed by atoms with van der Waals surface area (Å²) in [6, 6.07) is 5.46. The van der Waals surface area contributed by atoms with Gasteiger partial charge in [-0.3, -0.25) is 4.79 Å².